The van der Waals surface area contributed by atoms with Crippen LogP contribution in [0, 0.1) is 0 Å². The molecule has 1 fully saturated rings. The highest BCUT2D eigenvalue weighted by atomic mass is 19.1. The molecule has 8 nitrogen and oxygen atoms in total. The van der Waals surface area contributed by atoms with Crippen molar-refractivity contribution in [2.75, 3.05) is 27.2 Å². The summed E-state index contributed by atoms with van der Waals surface area (Å²) in [5.74, 6) is 0.0375. The van der Waals surface area contributed by atoms with Gasteiger partial charge >= 0.3 is 0 Å². The quantitative estimate of drug-likeness (QED) is 0.752. The van der Waals surface area contributed by atoms with E-state index in [0.29, 0.717) is 5.75 Å². The molecule has 9 heteroatoms. The molecule has 0 saturated carbocycles. The third-order valence-electron chi connectivity index (χ3n) is 4.35. The summed E-state index contributed by atoms with van der Waals surface area (Å²) in [6, 6.07) is 8.63. The maximum atomic E-state index is 13.9. The van der Waals surface area contributed by atoms with Gasteiger partial charge in [0.1, 0.15) is 11.9 Å². The van der Waals surface area contributed by atoms with Crippen molar-refractivity contribution in [1.82, 2.24) is 24.8 Å². The maximum Gasteiger partial charge on any atom is 0.275 e. The molecule has 0 N–H and O–H groups in total. The van der Waals surface area contributed by atoms with Crippen LogP contribution in [0.2, 0.25) is 0 Å². The molecule has 0 spiro atoms. The van der Waals surface area contributed by atoms with Crippen LogP contribution >= 0.6 is 0 Å². The minimum atomic E-state index is -1.10. The molecule has 1 aliphatic heterocycles. The SMILES string of the molecule is CN(C)C(=O)c1cn(C[C@@H]2C[C@H](F)CN2C(=O)COc2ccccc2)nn1. The number of para-hydroxylation sites is 1. The summed E-state index contributed by atoms with van der Waals surface area (Å²) in [7, 11) is 3.25. The van der Waals surface area contributed by atoms with Gasteiger partial charge in [-0.15, -0.1) is 5.10 Å². The molecule has 3 rings (SSSR count). The number of carbonyl (C=O) groups is 2. The van der Waals surface area contributed by atoms with E-state index >= 15 is 0 Å². The third-order valence-corrected chi connectivity index (χ3v) is 4.35. The number of nitrogens with zero attached hydrogens (tertiary/aromatic N) is 5. The largest absolute Gasteiger partial charge is 0.484 e. The van der Waals surface area contributed by atoms with E-state index < -0.39 is 6.17 Å². The van der Waals surface area contributed by atoms with Crippen LogP contribution in [0.15, 0.2) is 36.5 Å². The highest BCUT2D eigenvalue weighted by Crippen LogP contribution is 2.22. The van der Waals surface area contributed by atoms with Gasteiger partial charge in [0.2, 0.25) is 0 Å². The highest BCUT2D eigenvalue weighted by molar-refractivity contribution is 5.91. The van der Waals surface area contributed by atoms with Gasteiger partial charge in [-0.3, -0.25) is 9.59 Å². The minimum absolute atomic E-state index is 0.0276. The number of halogens is 1. The summed E-state index contributed by atoms with van der Waals surface area (Å²) in [5.41, 5.74) is 0.208. The number of carbonyl (C=O) groups excluding carboxylic acids is 2. The molecule has 1 saturated heterocycles. The summed E-state index contributed by atoms with van der Waals surface area (Å²) < 4.78 is 20.9. The Labute approximate surface area is 156 Å². The average Bonchev–Trinajstić information content (AvgIpc) is 3.26. The molecule has 0 aliphatic carbocycles. The number of alkyl halides is 1. The fourth-order valence-electron chi connectivity index (χ4n) is 3.01. The molecule has 1 aliphatic rings. The highest BCUT2D eigenvalue weighted by Gasteiger charge is 2.36. The zero-order valence-corrected chi connectivity index (χ0v) is 15.3. The van der Waals surface area contributed by atoms with Gasteiger partial charge in [-0.25, -0.2) is 9.07 Å². The van der Waals surface area contributed by atoms with Crippen LogP contribution in [0.4, 0.5) is 4.39 Å². The normalized spacial score (nSPS) is 19.1. The molecule has 0 bridgehead atoms. The summed E-state index contributed by atoms with van der Waals surface area (Å²) >= 11 is 0. The Morgan fingerprint density at radius 1 is 1.30 bits per heavy atom. The lowest BCUT2D eigenvalue weighted by Gasteiger charge is -2.24. The van der Waals surface area contributed by atoms with E-state index in [4.69, 9.17) is 4.74 Å². The molecule has 1 aromatic heterocycles. The monoisotopic (exact) mass is 375 g/mol. The average molecular weight is 375 g/mol. The van der Waals surface area contributed by atoms with Crippen molar-refractivity contribution in [3.05, 3.63) is 42.2 Å². The number of ether oxygens (including phenoxy) is 1. The van der Waals surface area contributed by atoms with Gasteiger partial charge in [0.15, 0.2) is 12.3 Å². The van der Waals surface area contributed by atoms with Crippen molar-refractivity contribution < 1.29 is 18.7 Å². The molecule has 0 unspecified atom stereocenters. The molecule has 2 heterocycles. The number of aromatic nitrogens is 3. The first-order chi connectivity index (χ1) is 12.9. The zero-order valence-electron chi connectivity index (χ0n) is 15.3. The molecule has 2 aromatic rings. The van der Waals surface area contributed by atoms with Crippen LogP contribution in [-0.2, 0) is 11.3 Å². The number of likely N-dealkylation sites (tertiary alicyclic amines) is 1. The van der Waals surface area contributed by atoms with E-state index in [1.54, 1.807) is 26.2 Å². The van der Waals surface area contributed by atoms with Crippen molar-refractivity contribution in [2.24, 2.45) is 0 Å². The van der Waals surface area contributed by atoms with Gasteiger partial charge in [0.25, 0.3) is 11.8 Å². The van der Waals surface area contributed by atoms with E-state index in [0.717, 1.165) is 0 Å². The topological polar surface area (TPSA) is 80.6 Å². The van der Waals surface area contributed by atoms with Crippen molar-refractivity contribution in [1.29, 1.82) is 0 Å². The van der Waals surface area contributed by atoms with E-state index in [-0.39, 0.29) is 49.7 Å². The van der Waals surface area contributed by atoms with E-state index in [2.05, 4.69) is 10.3 Å². The maximum absolute atomic E-state index is 13.9. The molecule has 1 aromatic carbocycles. The Morgan fingerprint density at radius 3 is 2.74 bits per heavy atom. The summed E-state index contributed by atoms with van der Waals surface area (Å²) in [5, 5.41) is 7.77. The fourth-order valence-corrected chi connectivity index (χ4v) is 3.01. The Bertz CT molecular complexity index is 795. The Hall–Kier alpha value is -2.97. The molecular weight excluding hydrogens is 353 g/mol. The fraction of sp³-hybridized carbons (Fsp3) is 0.444. The van der Waals surface area contributed by atoms with Gasteiger partial charge in [-0.1, -0.05) is 23.4 Å². The van der Waals surface area contributed by atoms with E-state index in [9.17, 15) is 14.0 Å². The van der Waals surface area contributed by atoms with Crippen LogP contribution in [0.25, 0.3) is 0 Å². The second-order valence-corrected chi connectivity index (χ2v) is 6.66. The smallest absolute Gasteiger partial charge is 0.275 e. The predicted molar refractivity (Wildman–Crippen MR) is 95.0 cm³/mol. The number of hydrogen-bond donors (Lipinski definition) is 0. The second kappa shape index (κ2) is 8.15. The molecule has 2 amide bonds. The minimum Gasteiger partial charge on any atom is -0.484 e. The van der Waals surface area contributed by atoms with Crippen LogP contribution in [-0.4, -0.2) is 76.1 Å². The molecule has 0 radical (unpaired) electrons. The lowest BCUT2D eigenvalue weighted by atomic mass is 10.2. The predicted octanol–water partition coefficient (Wildman–Crippen LogP) is 0.998. The van der Waals surface area contributed by atoms with Crippen molar-refractivity contribution in [2.45, 2.75) is 25.2 Å². The van der Waals surface area contributed by atoms with Gasteiger partial charge in [-0.05, 0) is 12.1 Å². The first-order valence-corrected chi connectivity index (χ1v) is 8.67. The molecule has 144 valence electrons. The van der Waals surface area contributed by atoms with Gasteiger partial charge in [-0.2, -0.15) is 0 Å². The Kier molecular flexibility index (Phi) is 5.68. The van der Waals surface area contributed by atoms with Crippen LogP contribution < -0.4 is 4.74 Å². The third kappa shape index (κ3) is 4.60. The second-order valence-electron chi connectivity index (χ2n) is 6.66. The van der Waals surface area contributed by atoms with E-state index in [1.807, 2.05) is 18.2 Å². The summed E-state index contributed by atoms with van der Waals surface area (Å²) in [4.78, 5) is 27.3. The summed E-state index contributed by atoms with van der Waals surface area (Å²) in [6.07, 6.45) is 0.632. The Morgan fingerprint density at radius 2 is 2.04 bits per heavy atom. The first-order valence-electron chi connectivity index (χ1n) is 8.67. The molecular formula is C18H22FN5O3. The standard InChI is InChI=1S/C18H22FN5O3/c1-22(2)18(26)16-11-23(21-20-16)10-14-8-13(19)9-24(14)17(25)12-27-15-6-4-3-5-7-15/h3-7,11,13-14H,8-10,12H2,1-2H3/t13-,14-/m0/s1. The van der Waals surface area contributed by atoms with Crippen LogP contribution in [0.1, 0.15) is 16.9 Å². The molecule has 2 atom stereocenters. The lowest BCUT2D eigenvalue weighted by molar-refractivity contribution is -0.134. The van der Waals surface area contributed by atoms with Crippen molar-refractivity contribution >= 4 is 11.8 Å². The molecule has 27 heavy (non-hydrogen) atoms. The van der Waals surface area contributed by atoms with Gasteiger partial charge in [0.05, 0.1) is 25.3 Å². The van der Waals surface area contributed by atoms with Crippen molar-refractivity contribution in [3.63, 3.8) is 0 Å². The number of amides is 2. The number of hydrogen-bond acceptors (Lipinski definition) is 5. The Balaban J connectivity index is 1.62. The van der Waals surface area contributed by atoms with Crippen molar-refractivity contribution in [3.8, 4) is 5.75 Å². The summed E-state index contributed by atoms with van der Waals surface area (Å²) in [6.45, 7) is 0.139. The zero-order chi connectivity index (χ0) is 19.4. The van der Waals surface area contributed by atoms with E-state index in [1.165, 1.54) is 20.7 Å². The van der Waals surface area contributed by atoms with Crippen LogP contribution in [0.3, 0.4) is 0 Å². The number of benzene rings is 1. The first kappa shape index (κ1) is 18.8. The number of rotatable bonds is 6. The van der Waals surface area contributed by atoms with Gasteiger partial charge < -0.3 is 14.5 Å². The van der Waals surface area contributed by atoms with Gasteiger partial charge in [0, 0.05) is 20.5 Å². The van der Waals surface area contributed by atoms with Crippen LogP contribution in [0.5, 0.6) is 5.75 Å². The lowest BCUT2D eigenvalue weighted by Crippen LogP contribution is -2.41.